The summed E-state index contributed by atoms with van der Waals surface area (Å²) in [5.74, 6) is 0. The monoisotopic (exact) mass is 339 g/mol. The molecule has 3 aromatic rings. The molecule has 0 spiro atoms. The molecule has 0 saturated heterocycles. The molecule has 22 heavy (non-hydrogen) atoms. The van der Waals surface area contributed by atoms with Crippen LogP contribution in [0.3, 0.4) is 0 Å². The average molecular weight is 340 g/mol. The third-order valence-electron chi connectivity index (χ3n) is 3.19. The Bertz CT molecular complexity index is 916. The third kappa shape index (κ3) is 2.68. The van der Waals surface area contributed by atoms with Crippen LogP contribution in [-0.2, 0) is 16.6 Å². The van der Waals surface area contributed by atoms with Gasteiger partial charge in [-0.3, -0.25) is 9.40 Å². The molecule has 7 nitrogen and oxygen atoms in total. The average Bonchev–Trinajstić information content (AvgIpc) is 3.08. The first-order valence-electron chi connectivity index (χ1n) is 6.52. The summed E-state index contributed by atoms with van der Waals surface area (Å²) in [6.07, 6.45) is 4.35. The number of halogens is 1. The van der Waals surface area contributed by atoms with Crippen molar-refractivity contribution in [3.63, 3.8) is 0 Å². The fourth-order valence-electron chi connectivity index (χ4n) is 2.15. The molecule has 116 valence electrons. The van der Waals surface area contributed by atoms with Crippen LogP contribution in [0.2, 0.25) is 5.02 Å². The number of para-hydroxylation sites is 1. The van der Waals surface area contributed by atoms with E-state index in [1.165, 1.54) is 17.1 Å². The molecule has 0 saturated carbocycles. The molecule has 0 aliphatic carbocycles. The highest BCUT2D eigenvalue weighted by atomic mass is 35.5. The maximum Gasteiger partial charge on any atom is 0.265 e. The maximum atomic E-state index is 12.4. The number of hydrogen-bond acceptors (Lipinski definition) is 4. The summed E-state index contributed by atoms with van der Waals surface area (Å²) >= 11 is 6.04. The highest BCUT2D eigenvalue weighted by Gasteiger charge is 2.18. The van der Waals surface area contributed by atoms with Gasteiger partial charge in [-0.25, -0.2) is 8.42 Å². The van der Waals surface area contributed by atoms with E-state index in [0.717, 1.165) is 5.39 Å². The minimum atomic E-state index is -3.73. The van der Waals surface area contributed by atoms with Gasteiger partial charge in [0.25, 0.3) is 10.0 Å². The Morgan fingerprint density at radius 2 is 2.23 bits per heavy atom. The van der Waals surface area contributed by atoms with Gasteiger partial charge in [0.1, 0.15) is 4.90 Å². The molecule has 0 bridgehead atoms. The summed E-state index contributed by atoms with van der Waals surface area (Å²) in [5, 5.41) is 5.25. The van der Waals surface area contributed by atoms with Gasteiger partial charge in [-0.05, 0) is 6.07 Å². The number of nitrogens with two attached hydrogens (primary N) is 1. The van der Waals surface area contributed by atoms with E-state index in [2.05, 4.69) is 14.8 Å². The summed E-state index contributed by atoms with van der Waals surface area (Å²) in [4.78, 5) is 3.04. The second kappa shape index (κ2) is 5.64. The lowest BCUT2D eigenvalue weighted by atomic mass is 10.2. The van der Waals surface area contributed by atoms with E-state index in [4.69, 9.17) is 17.3 Å². The zero-order valence-electron chi connectivity index (χ0n) is 11.5. The summed E-state index contributed by atoms with van der Waals surface area (Å²) in [6, 6.07) is 5.21. The quantitative estimate of drug-likeness (QED) is 0.658. The summed E-state index contributed by atoms with van der Waals surface area (Å²) < 4.78 is 28.9. The fourth-order valence-corrected chi connectivity index (χ4v) is 3.38. The van der Waals surface area contributed by atoms with E-state index in [1.54, 1.807) is 18.3 Å². The van der Waals surface area contributed by atoms with Crippen LogP contribution in [0, 0.1) is 0 Å². The smallest absolute Gasteiger partial charge is 0.265 e. The topological polar surface area (TPSA) is 106 Å². The van der Waals surface area contributed by atoms with Crippen LogP contribution in [0.5, 0.6) is 0 Å². The number of fused-ring (bicyclic) bond motifs is 1. The van der Waals surface area contributed by atoms with Crippen LogP contribution >= 0.6 is 11.6 Å². The van der Waals surface area contributed by atoms with Gasteiger partial charge in [-0.1, -0.05) is 23.7 Å². The van der Waals surface area contributed by atoms with E-state index >= 15 is 0 Å². The molecular weight excluding hydrogens is 326 g/mol. The van der Waals surface area contributed by atoms with Crippen molar-refractivity contribution in [1.29, 1.82) is 0 Å². The Balaban J connectivity index is 1.95. The van der Waals surface area contributed by atoms with Crippen LogP contribution < -0.4 is 10.5 Å². The first-order valence-corrected chi connectivity index (χ1v) is 8.38. The van der Waals surface area contributed by atoms with Crippen LogP contribution in [0.4, 0.5) is 5.69 Å². The molecule has 0 aliphatic heterocycles. The molecule has 4 N–H and O–H groups in total. The molecule has 1 aromatic carbocycles. The number of rotatable bonds is 5. The molecule has 0 aliphatic rings. The Morgan fingerprint density at radius 3 is 3.00 bits per heavy atom. The molecular formula is C13H14ClN5O2S. The number of aromatic nitrogens is 3. The van der Waals surface area contributed by atoms with Gasteiger partial charge in [-0.15, -0.1) is 0 Å². The fraction of sp³-hybridized carbons (Fsp3) is 0.154. The van der Waals surface area contributed by atoms with Gasteiger partial charge in [0.15, 0.2) is 0 Å². The SMILES string of the molecule is NCCn1cc(S(=O)(=O)Nc2cccc3c(Cl)c[nH]c23)cn1. The van der Waals surface area contributed by atoms with Crippen molar-refractivity contribution in [2.24, 2.45) is 5.73 Å². The Morgan fingerprint density at radius 1 is 1.41 bits per heavy atom. The van der Waals surface area contributed by atoms with Crippen molar-refractivity contribution in [3.8, 4) is 0 Å². The molecule has 0 fully saturated rings. The van der Waals surface area contributed by atoms with Gasteiger partial charge in [0.2, 0.25) is 0 Å². The minimum Gasteiger partial charge on any atom is -0.358 e. The lowest BCUT2D eigenvalue weighted by molar-refractivity contribution is 0.599. The van der Waals surface area contributed by atoms with Crippen LogP contribution in [0.15, 0.2) is 41.7 Å². The first-order chi connectivity index (χ1) is 10.5. The second-order valence-corrected chi connectivity index (χ2v) is 6.79. The van der Waals surface area contributed by atoms with E-state index < -0.39 is 10.0 Å². The predicted octanol–water partition coefficient (Wildman–Crippen LogP) is 1.78. The van der Waals surface area contributed by atoms with Crippen LogP contribution in [-0.4, -0.2) is 29.7 Å². The van der Waals surface area contributed by atoms with Crippen molar-refractivity contribution in [1.82, 2.24) is 14.8 Å². The number of sulfonamides is 1. The maximum absolute atomic E-state index is 12.4. The number of anilines is 1. The Kier molecular flexibility index (Phi) is 3.81. The van der Waals surface area contributed by atoms with Gasteiger partial charge < -0.3 is 10.7 Å². The number of aromatic amines is 1. The summed E-state index contributed by atoms with van der Waals surface area (Å²) in [7, 11) is -3.73. The lowest BCUT2D eigenvalue weighted by Gasteiger charge is -2.07. The normalized spacial score (nSPS) is 11.9. The molecule has 9 heteroatoms. The molecule has 3 rings (SSSR count). The largest absolute Gasteiger partial charge is 0.358 e. The zero-order chi connectivity index (χ0) is 15.7. The second-order valence-electron chi connectivity index (χ2n) is 4.70. The van der Waals surface area contributed by atoms with E-state index in [0.29, 0.717) is 29.3 Å². The van der Waals surface area contributed by atoms with Crippen molar-refractivity contribution in [3.05, 3.63) is 41.8 Å². The van der Waals surface area contributed by atoms with Crippen molar-refractivity contribution >= 4 is 38.2 Å². The van der Waals surface area contributed by atoms with Crippen molar-refractivity contribution < 1.29 is 8.42 Å². The third-order valence-corrected chi connectivity index (χ3v) is 4.82. The Labute approximate surface area is 132 Å². The highest BCUT2D eigenvalue weighted by Crippen LogP contribution is 2.29. The van der Waals surface area contributed by atoms with E-state index in [-0.39, 0.29) is 4.90 Å². The molecule has 2 aromatic heterocycles. The molecule has 0 atom stereocenters. The lowest BCUT2D eigenvalue weighted by Crippen LogP contribution is -2.13. The predicted molar refractivity (Wildman–Crippen MR) is 85.4 cm³/mol. The van der Waals surface area contributed by atoms with Crippen LogP contribution in [0.25, 0.3) is 10.9 Å². The number of hydrogen-bond donors (Lipinski definition) is 3. The standard InChI is InChI=1S/C13H14ClN5O2S/c14-11-7-16-13-10(11)2-1-3-12(13)18-22(20,21)9-6-17-19(8-9)5-4-15/h1-3,6-8,16,18H,4-5,15H2. The van der Waals surface area contributed by atoms with E-state index in [9.17, 15) is 8.42 Å². The van der Waals surface area contributed by atoms with E-state index in [1.807, 2.05) is 6.07 Å². The van der Waals surface area contributed by atoms with Gasteiger partial charge in [0.05, 0.1) is 29.0 Å². The number of H-pyrrole nitrogens is 1. The van der Waals surface area contributed by atoms with Gasteiger partial charge in [0, 0.05) is 24.3 Å². The van der Waals surface area contributed by atoms with Crippen LogP contribution in [0.1, 0.15) is 0 Å². The van der Waals surface area contributed by atoms with Gasteiger partial charge in [-0.2, -0.15) is 5.10 Å². The summed E-state index contributed by atoms with van der Waals surface area (Å²) in [6.45, 7) is 0.840. The number of benzene rings is 1. The highest BCUT2D eigenvalue weighted by molar-refractivity contribution is 7.92. The molecule has 0 unspecified atom stereocenters. The zero-order valence-corrected chi connectivity index (χ0v) is 13.0. The number of nitrogens with one attached hydrogen (secondary N) is 2. The Hall–Kier alpha value is -2.03. The first kappa shape index (κ1) is 14.9. The molecule has 0 amide bonds. The number of nitrogens with zero attached hydrogens (tertiary/aromatic N) is 2. The van der Waals surface area contributed by atoms with Gasteiger partial charge >= 0.3 is 0 Å². The van der Waals surface area contributed by atoms with Crippen molar-refractivity contribution in [2.45, 2.75) is 11.4 Å². The minimum absolute atomic E-state index is 0.0793. The molecule has 0 radical (unpaired) electrons. The molecule has 2 heterocycles. The summed E-state index contributed by atoms with van der Waals surface area (Å²) in [5.41, 5.74) is 6.48. The van der Waals surface area contributed by atoms with Crippen molar-refractivity contribution in [2.75, 3.05) is 11.3 Å².